The van der Waals surface area contributed by atoms with Gasteiger partial charge < -0.3 is 9.30 Å². The number of hydrogen-bond donors (Lipinski definition) is 1. The van der Waals surface area contributed by atoms with E-state index in [9.17, 15) is 8.42 Å². The first-order valence-corrected chi connectivity index (χ1v) is 7.86. The highest BCUT2D eigenvalue weighted by atomic mass is 32.2. The molecule has 0 saturated carbocycles. The van der Waals surface area contributed by atoms with E-state index in [1.807, 2.05) is 17.7 Å². The van der Waals surface area contributed by atoms with E-state index < -0.39 is 10.2 Å². The van der Waals surface area contributed by atoms with Gasteiger partial charge in [-0.25, -0.2) is 4.98 Å². The lowest BCUT2D eigenvalue weighted by atomic mass is 10.2. The maximum atomic E-state index is 12.2. The molecule has 1 saturated heterocycles. The molecule has 0 amide bonds. The molecule has 108 valence electrons. The summed E-state index contributed by atoms with van der Waals surface area (Å²) in [5, 5.41) is 0. The fourth-order valence-corrected chi connectivity index (χ4v) is 3.41. The molecule has 1 aromatic rings. The van der Waals surface area contributed by atoms with Crippen LogP contribution in [0.1, 0.15) is 13.3 Å². The van der Waals surface area contributed by atoms with Crippen LogP contribution in [0.15, 0.2) is 18.7 Å². The molecule has 8 heteroatoms. The summed E-state index contributed by atoms with van der Waals surface area (Å²) in [6.07, 6.45) is 5.92. The van der Waals surface area contributed by atoms with Crippen LogP contribution in [-0.4, -0.2) is 54.6 Å². The van der Waals surface area contributed by atoms with Crippen LogP contribution in [0, 0.1) is 0 Å². The van der Waals surface area contributed by atoms with Crippen molar-refractivity contribution in [1.82, 2.24) is 18.6 Å². The molecule has 1 aliphatic heterocycles. The third-order valence-corrected chi connectivity index (χ3v) is 4.78. The number of nitrogens with zero attached hydrogens (tertiary/aromatic N) is 3. The second-order valence-electron chi connectivity index (χ2n) is 4.50. The Morgan fingerprint density at radius 2 is 2.16 bits per heavy atom. The van der Waals surface area contributed by atoms with Crippen molar-refractivity contribution in [2.45, 2.75) is 25.9 Å². The number of rotatable bonds is 6. The summed E-state index contributed by atoms with van der Waals surface area (Å²) in [6.45, 7) is 4.29. The van der Waals surface area contributed by atoms with Crippen molar-refractivity contribution in [2.75, 3.05) is 26.3 Å². The largest absolute Gasteiger partial charge is 0.379 e. The molecule has 0 radical (unpaired) electrons. The Morgan fingerprint density at radius 3 is 2.74 bits per heavy atom. The fraction of sp³-hybridized carbons (Fsp3) is 0.727. The van der Waals surface area contributed by atoms with Gasteiger partial charge in [0.2, 0.25) is 0 Å². The topological polar surface area (TPSA) is 76.5 Å². The molecule has 2 rings (SSSR count). The second kappa shape index (κ2) is 6.47. The van der Waals surface area contributed by atoms with Gasteiger partial charge in [0.15, 0.2) is 0 Å². The minimum atomic E-state index is -3.43. The predicted octanol–water partition coefficient (Wildman–Crippen LogP) is -0.172. The van der Waals surface area contributed by atoms with Crippen LogP contribution in [0.25, 0.3) is 0 Å². The molecular weight excluding hydrogens is 268 g/mol. The van der Waals surface area contributed by atoms with E-state index in [0.29, 0.717) is 32.8 Å². The molecule has 7 nitrogen and oxygen atoms in total. The Kier molecular flexibility index (Phi) is 4.92. The highest BCUT2D eigenvalue weighted by Crippen LogP contribution is 2.06. The van der Waals surface area contributed by atoms with E-state index in [1.54, 1.807) is 12.5 Å². The zero-order valence-corrected chi connectivity index (χ0v) is 11.8. The first kappa shape index (κ1) is 14.4. The summed E-state index contributed by atoms with van der Waals surface area (Å²) >= 11 is 0. The van der Waals surface area contributed by atoms with Crippen LogP contribution < -0.4 is 4.72 Å². The average Bonchev–Trinajstić information content (AvgIpc) is 2.91. The summed E-state index contributed by atoms with van der Waals surface area (Å²) in [4.78, 5) is 3.95. The molecule has 0 aromatic carbocycles. The number of nitrogens with one attached hydrogen (secondary N) is 1. The van der Waals surface area contributed by atoms with Gasteiger partial charge in [-0.15, -0.1) is 0 Å². The quantitative estimate of drug-likeness (QED) is 0.788. The van der Waals surface area contributed by atoms with Crippen LogP contribution in [0.5, 0.6) is 0 Å². The number of ether oxygens (including phenoxy) is 1. The minimum Gasteiger partial charge on any atom is -0.379 e. The van der Waals surface area contributed by atoms with Crippen LogP contribution in [0.3, 0.4) is 0 Å². The highest BCUT2D eigenvalue weighted by Gasteiger charge is 2.26. The van der Waals surface area contributed by atoms with E-state index in [2.05, 4.69) is 9.71 Å². The van der Waals surface area contributed by atoms with E-state index in [0.717, 1.165) is 6.42 Å². The van der Waals surface area contributed by atoms with Crippen molar-refractivity contribution in [3.8, 4) is 0 Å². The Hall–Kier alpha value is -0.960. The third kappa shape index (κ3) is 4.00. The van der Waals surface area contributed by atoms with Gasteiger partial charge >= 0.3 is 0 Å². The Balaban J connectivity index is 1.96. The normalized spacial score (nSPS) is 19.4. The monoisotopic (exact) mass is 288 g/mol. The first-order chi connectivity index (χ1) is 9.12. The van der Waals surface area contributed by atoms with Crippen molar-refractivity contribution in [2.24, 2.45) is 0 Å². The minimum absolute atomic E-state index is 0.137. The van der Waals surface area contributed by atoms with Gasteiger partial charge in [-0.05, 0) is 6.42 Å². The molecule has 1 aromatic heterocycles. The zero-order chi connectivity index (χ0) is 13.7. The highest BCUT2D eigenvalue weighted by molar-refractivity contribution is 7.87. The van der Waals surface area contributed by atoms with Crippen LogP contribution in [0.2, 0.25) is 0 Å². The molecule has 2 heterocycles. The Bertz CT molecular complexity index is 468. The maximum Gasteiger partial charge on any atom is 0.279 e. The van der Waals surface area contributed by atoms with Gasteiger partial charge in [-0.3, -0.25) is 0 Å². The lowest BCUT2D eigenvalue weighted by Crippen LogP contribution is -2.50. The van der Waals surface area contributed by atoms with E-state index in [4.69, 9.17) is 4.74 Å². The van der Waals surface area contributed by atoms with Crippen molar-refractivity contribution >= 4 is 10.2 Å². The summed E-state index contributed by atoms with van der Waals surface area (Å²) in [6, 6.07) is -0.137. The summed E-state index contributed by atoms with van der Waals surface area (Å²) in [7, 11) is -3.43. The second-order valence-corrected chi connectivity index (χ2v) is 6.20. The molecule has 0 bridgehead atoms. The smallest absolute Gasteiger partial charge is 0.279 e. The van der Waals surface area contributed by atoms with Crippen molar-refractivity contribution in [3.63, 3.8) is 0 Å². The SMILES string of the molecule is CCC(Cn1ccnc1)NS(=O)(=O)N1CCOCC1. The molecule has 19 heavy (non-hydrogen) atoms. The summed E-state index contributed by atoms with van der Waals surface area (Å²) in [5.74, 6) is 0. The average molecular weight is 288 g/mol. The van der Waals surface area contributed by atoms with Gasteiger partial charge in [-0.2, -0.15) is 17.4 Å². The van der Waals surface area contributed by atoms with Crippen molar-refractivity contribution < 1.29 is 13.2 Å². The standard InChI is InChI=1S/C11H20N4O3S/c1-2-11(9-14-4-3-12-10-14)13-19(16,17)15-5-7-18-8-6-15/h3-4,10-11,13H,2,5-9H2,1H3. The number of aromatic nitrogens is 2. The van der Waals surface area contributed by atoms with E-state index in [-0.39, 0.29) is 6.04 Å². The lowest BCUT2D eigenvalue weighted by Gasteiger charge is -2.28. The van der Waals surface area contributed by atoms with Gasteiger partial charge in [0, 0.05) is 38.1 Å². The molecule has 1 fully saturated rings. The number of imidazole rings is 1. The van der Waals surface area contributed by atoms with E-state index >= 15 is 0 Å². The number of hydrogen-bond acceptors (Lipinski definition) is 4. The molecule has 1 aliphatic rings. The van der Waals surface area contributed by atoms with Crippen LogP contribution in [-0.2, 0) is 21.5 Å². The lowest BCUT2D eigenvalue weighted by molar-refractivity contribution is 0.0722. The predicted molar refractivity (Wildman–Crippen MR) is 70.8 cm³/mol. The molecule has 0 aliphatic carbocycles. The molecule has 1 atom stereocenters. The van der Waals surface area contributed by atoms with Crippen molar-refractivity contribution in [3.05, 3.63) is 18.7 Å². The molecule has 1 N–H and O–H groups in total. The van der Waals surface area contributed by atoms with Gasteiger partial charge in [0.1, 0.15) is 0 Å². The van der Waals surface area contributed by atoms with Crippen LogP contribution in [0.4, 0.5) is 0 Å². The fourth-order valence-electron chi connectivity index (χ4n) is 1.97. The molecule has 0 spiro atoms. The molecular formula is C11H20N4O3S. The third-order valence-electron chi connectivity index (χ3n) is 3.11. The first-order valence-electron chi connectivity index (χ1n) is 6.42. The van der Waals surface area contributed by atoms with Gasteiger partial charge in [-0.1, -0.05) is 6.92 Å². The van der Waals surface area contributed by atoms with Crippen LogP contribution >= 0.6 is 0 Å². The zero-order valence-electron chi connectivity index (χ0n) is 11.0. The summed E-state index contributed by atoms with van der Waals surface area (Å²) < 4.78 is 35.7. The molecule has 1 unspecified atom stereocenters. The van der Waals surface area contributed by atoms with Gasteiger partial charge in [0.05, 0.1) is 19.5 Å². The Morgan fingerprint density at radius 1 is 1.42 bits per heavy atom. The number of morpholine rings is 1. The summed E-state index contributed by atoms with van der Waals surface area (Å²) in [5.41, 5.74) is 0. The maximum absolute atomic E-state index is 12.2. The Labute approximate surface area is 113 Å². The van der Waals surface area contributed by atoms with E-state index in [1.165, 1.54) is 4.31 Å². The van der Waals surface area contributed by atoms with Crippen molar-refractivity contribution in [1.29, 1.82) is 0 Å². The van der Waals surface area contributed by atoms with Gasteiger partial charge in [0.25, 0.3) is 10.2 Å².